The molecule has 4 aromatic rings. The van der Waals surface area contributed by atoms with Crippen LogP contribution >= 0.6 is 0 Å². The zero-order valence-corrected chi connectivity index (χ0v) is 18.6. The molecule has 0 fully saturated rings. The number of nitrogens with zero attached hydrogens (tertiary/aromatic N) is 3. The van der Waals surface area contributed by atoms with Gasteiger partial charge in [0.05, 0.1) is 19.8 Å². The Morgan fingerprint density at radius 1 is 1.19 bits per heavy atom. The molecule has 0 radical (unpaired) electrons. The van der Waals surface area contributed by atoms with Crippen LogP contribution in [0.2, 0.25) is 19.1 Å². The summed E-state index contributed by atoms with van der Waals surface area (Å²) < 4.78 is 6.13. The molecule has 0 aliphatic rings. The van der Waals surface area contributed by atoms with E-state index >= 15 is 0 Å². The lowest BCUT2D eigenvalue weighted by atomic mass is 10.2. The number of H-pyrrole nitrogens is 2. The molecule has 3 N–H and O–H groups in total. The molecule has 4 rings (SSSR count). The minimum Gasteiger partial charge on any atom is -0.354 e. The number of amides is 1. The fraction of sp³-hybridized carbons (Fsp3) is 0.273. The maximum absolute atomic E-state index is 12.9. The molecule has 160 valence electrons. The van der Waals surface area contributed by atoms with Gasteiger partial charge >= 0.3 is 0 Å². The van der Waals surface area contributed by atoms with Crippen molar-refractivity contribution in [3.63, 3.8) is 0 Å². The van der Waals surface area contributed by atoms with Gasteiger partial charge in [0.25, 0.3) is 5.91 Å². The van der Waals surface area contributed by atoms with Crippen molar-refractivity contribution in [2.45, 2.75) is 31.4 Å². The molecule has 9 heteroatoms. The first-order chi connectivity index (χ1) is 15.0. The van der Waals surface area contributed by atoms with Crippen molar-refractivity contribution in [3.8, 4) is 0 Å². The third-order valence-electron chi connectivity index (χ3n) is 5.24. The molecule has 0 bridgehead atoms. The number of aromatic amines is 2. The number of aromatic nitrogens is 5. The summed E-state index contributed by atoms with van der Waals surface area (Å²) in [4.78, 5) is 17.1. The van der Waals surface area contributed by atoms with E-state index in [0.717, 1.165) is 28.6 Å². The third-order valence-corrected chi connectivity index (χ3v) is 8.16. The molecule has 1 atom stereocenters. The van der Waals surface area contributed by atoms with Crippen molar-refractivity contribution in [2.75, 3.05) is 6.61 Å². The summed E-state index contributed by atoms with van der Waals surface area (Å²) in [5.74, 6) is -0.296. The number of hydrogen-bond donors (Lipinski definition) is 3. The predicted molar refractivity (Wildman–Crippen MR) is 121 cm³/mol. The predicted octanol–water partition coefficient (Wildman–Crippen LogP) is 3.62. The molecule has 31 heavy (non-hydrogen) atoms. The van der Waals surface area contributed by atoms with Gasteiger partial charge in [-0.05, 0) is 29.8 Å². The summed E-state index contributed by atoms with van der Waals surface area (Å²) in [6.45, 7) is 5.21. The van der Waals surface area contributed by atoms with Crippen molar-refractivity contribution in [1.82, 2.24) is 30.7 Å². The second-order valence-electron chi connectivity index (χ2n) is 8.33. The highest BCUT2D eigenvalue weighted by Crippen LogP contribution is 2.21. The van der Waals surface area contributed by atoms with Gasteiger partial charge in [0.1, 0.15) is 0 Å². The van der Waals surface area contributed by atoms with Crippen LogP contribution in [0, 0.1) is 0 Å². The van der Waals surface area contributed by atoms with Gasteiger partial charge in [-0.2, -0.15) is 10.2 Å². The van der Waals surface area contributed by atoms with Crippen LogP contribution in [0.5, 0.6) is 0 Å². The number of pyridine rings is 1. The van der Waals surface area contributed by atoms with Gasteiger partial charge < -0.3 is 10.1 Å². The molecule has 0 aliphatic carbocycles. The van der Waals surface area contributed by atoms with E-state index in [9.17, 15) is 4.79 Å². The normalized spacial score (nSPS) is 12.7. The number of ether oxygens (including phenoxy) is 1. The fourth-order valence-corrected chi connectivity index (χ4v) is 5.71. The lowest BCUT2D eigenvalue weighted by Gasteiger charge is -2.24. The Bertz CT molecular complexity index is 1130. The largest absolute Gasteiger partial charge is 0.354 e. The lowest BCUT2D eigenvalue weighted by molar-refractivity contribution is 0.0331. The van der Waals surface area contributed by atoms with Crippen LogP contribution < -0.4 is 5.32 Å². The average molecular weight is 435 g/mol. The summed E-state index contributed by atoms with van der Waals surface area (Å²) >= 11 is 0. The Morgan fingerprint density at radius 2 is 2.06 bits per heavy atom. The standard InChI is InChI=1S/C22H26N6O2Si/c1-31(2,15-16-6-5-9-23-12-16)11-10-30-22(17-13-24-25-14-17)26-21(29)20-18-7-3-4-8-19(18)27-28-20/h3-9,12-14,22H,10-11,15H2,1-2H3,(H,24,25)(H,26,29)(H,27,28). The molecular weight excluding hydrogens is 408 g/mol. The van der Waals surface area contributed by atoms with Gasteiger partial charge in [-0.15, -0.1) is 0 Å². The number of benzene rings is 1. The number of fused-ring (bicyclic) bond motifs is 1. The van der Waals surface area contributed by atoms with E-state index in [-0.39, 0.29) is 5.91 Å². The SMILES string of the molecule is C[Si](C)(CCOC(NC(=O)c1n[nH]c2ccccc12)c1cn[nH]c1)Cc1cccnc1. The molecule has 0 saturated carbocycles. The number of nitrogens with one attached hydrogen (secondary N) is 3. The van der Waals surface area contributed by atoms with E-state index < -0.39 is 14.3 Å². The highest BCUT2D eigenvalue weighted by atomic mass is 28.3. The maximum Gasteiger partial charge on any atom is 0.274 e. The van der Waals surface area contributed by atoms with Gasteiger partial charge in [-0.25, -0.2) is 0 Å². The number of para-hydroxylation sites is 1. The number of carbonyl (C=O) groups excluding carboxylic acids is 1. The first-order valence-corrected chi connectivity index (χ1v) is 13.7. The van der Waals surface area contributed by atoms with Crippen LogP contribution in [0.15, 0.2) is 61.2 Å². The van der Waals surface area contributed by atoms with Crippen molar-refractivity contribution in [1.29, 1.82) is 0 Å². The lowest BCUT2D eigenvalue weighted by Crippen LogP contribution is -2.34. The minimum absolute atomic E-state index is 0.296. The number of rotatable bonds is 9. The minimum atomic E-state index is -1.54. The summed E-state index contributed by atoms with van der Waals surface area (Å²) in [7, 11) is -1.54. The average Bonchev–Trinajstić information content (AvgIpc) is 3.43. The molecule has 0 spiro atoms. The van der Waals surface area contributed by atoms with Gasteiger partial charge in [0.15, 0.2) is 11.9 Å². The molecule has 0 saturated heterocycles. The monoisotopic (exact) mass is 434 g/mol. The third kappa shape index (κ3) is 5.25. The first-order valence-electron chi connectivity index (χ1n) is 10.2. The highest BCUT2D eigenvalue weighted by molar-refractivity contribution is 6.76. The summed E-state index contributed by atoms with van der Waals surface area (Å²) in [6.07, 6.45) is 6.50. The van der Waals surface area contributed by atoms with Crippen LogP contribution in [0.25, 0.3) is 10.9 Å². The van der Waals surface area contributed by atoms with Crippen LogP contribution in [0.3, 0.4) is 0 Å². The van der Waals surface area contributed by atoms with E-state index in [4.69, 9.17) is 4.74 Å². The molecule has 1 aromatic carbocycles. The molecule has 1 amide bonds. The van der Waals surface area contributed by atoms with Crippen LogP contribution in [-0.4, -0.2) is 46.0 Å². The maximum atomic E-state index is 12.9. The van der Waals surface area contributed by atoms with Crippen LogP contribution in [-0.2, 0) is 10.8 Å². The van der Waals surface area contributed by atoms with Crippen LogP contribution in [0.4, 0.5) is 0 Å². The topological polar surface area (TPSA) is 109 Å². The van der Waals surface area contributed by atoms with Gasteiger partial charge in [-0.1, -0.05) is 37.4 Å². The van der Waals surface area contributed by atoms with E-state index in [1.54, 1.807) is 18.6 Å². The van der Waals surface area contributed by atoms with Crippen molar-refractivity contribution >= 4 is 24.9 Å². The Morgan fingerprint density at radius 3 is 2.84 bits per heavy atom. The summed E-state index contributed by atoms with van der Waals surface area (Å²) in [5, 5.41) is 17.6. The van der Waals surface area contributed by atoms with E-state index in [2.05, 4.69) is 49.9 Å². The molecule has 3 heterocycles. The second kappa shape index (κ2) is 9.23. The van der Waals surface area contributed by atoms with Crippen molar-refractivity contribution in [2.24, 2.45) is 0 Å². The van der Waals surface area contributed by atoms with Gasteiger partial charge in [-0.3, -0.25) is 20.0 Å². The quantitative estimate of drug-likeness (QED) is 0.275. The summed E-state index contributed by atoms with van der Waals surface area (Å²) in [6, 6.07) is 13.6. The molecular formula is C22H26N6O2Si. The Kier molecular flexibility index (Phi) is 6.24. The fourth-order valence-electron chi connectivity index (χ4n) is 3.55. The molecule has 8 nitrogen and oxygen atoms in total. The van der Waals surface area contributed by atoms with Crippen molar-refractivity contribution in [3.05, 3.63) is 78.0 Å². The Hall–Kier alpha value is -3.30. The molecule has 1 unspecified atom stereocenters. The Balaban J connectivity index is 1.41. The first kappa shape index (κ1) is 20.9. The Labute approximate surface area is 181 Å². The van der Waals surface area contributed by atoms with E-state index in [0.29, 0.717) is 12.3 Å². The van der Waals surface area contributed by atoms with Crippen molar-refractivity contribution < 1.29 is 9.53 Å². The highest BCUT2D eigenvalue weighted by Gasteiger charge is 2.24. The zero-order chi connectivity index (χ0) is 21.7. The van der Waals surface area contributed by atoms with Crippen LogP contribution in [0.1, 0.15) is 27.8 Å². The molecule has 3 aromatic heterocycles. The molecule has 0 aliphatic heterocycles. The number of hydrogen-bond acceptors (Lipinski definition) is 5. The number of carbonyl (C=O) groups is 1. The van der Waals surface area contributed by atoms with E-state index in [1.165, 1.54) is 5.56 Å². The zero-order valence-electron chi connectivity index (χ0n) is 17.6. The van der Waals surface area contributed by atoms with Gasteiger partial charge in [0, 0.05) is 36.1 Å². The van der Waals surface area contributed by atoms with E-state index in [1.807, 2.05) is 36.5 Å². The smallest absolute Gasteiger partial charge is 0.274 e. The summed E-state index contributed by atoms with van der Waals surface area (Å²) in [5.41, 5.74) is 3.18. The van der Waals surface area contributed by atoms with Gasteiger partial charge in [0.2, 0.25) is 0 Å². The second-order valence-corrected chi connectivity index (χ2v) is 13.5.